The Morgan fingerprint density at radius 3 is 2.25 bits per heavy atom. The summed E-state index contributed by atoms with van der Waals surface area (Å²) >= 11 is 0. The number of hydrogen-bond donors (Lipinski definition) is 1. The molecule has 0 aliphatic heterocycles. The van der Waals surface area contributed by atoms with Gasteiger partial charge in [-0.25, -0.2) is 0 Å². The van der Waals surface area contributed by atoms with Crippen LogP contribution in [0.25, 0.3) is 0 Å². The standard InChI is InChI=1S/C9H12O.CH5N/c1-2-10-8-9-6-4-3-5-7-9;1-2/h3-7H,2,8H2,1H3;2H2,1H3. The molecule has 0 aromatic heterocycles. The maximum Gasteiger partial charge on any atom is 0.0716 e. The monoisotopic (exact) mass is 167 g/mol. The summed E-state index contributed by atoms with van der Waals surface area (Å²) in [4.78, 5) is 0. The SMILES string of the molecule is CCOCc1ccccc1.CN. The second-order valence-electron chi connectivity index (χ2n) is 2.12. The van der Waals surface area contributed by atoms with E-state index < -0.39 is 0 Å². The van der Waals surface area contributed by atoms with Gasteiger partial charge in [-0.1, -0.05) is 30.3 Å². The molecule has 0 fully saturated rings. The molecule has 0 bridgehead atoms. The van der Waals surface area contributed by atoms with Gasteiger partial charge in [0.1, 0.15) is 0 Å². The average Bonchev–Trinajstić information content (AvgIpc) is 2.19. The molecule has 1 rings (SSSR count). The van der Waals surface area contributed by atoms with Crippen LogP contribution in [-0.2, 0) is 11.3 Å². The van der Waals surface area contributed by atoms with Crippen molar-refractivity contribution in [1.29, 1.82) is 0 Å². The highest BCUT2D eigenvalue weighted by Gasteiger charge is 1.86. The molecule has 1 aromatic carbocycles. The fourth-order valence-electron chi connectivity index (χ4n) is 0.794. The van der Waals surface area contributed by atoms with Gasteiger partial charge in [-0.2, -0.15) is 0 Å². The smallest absolute Gasteiger partial charge is 0.0716 e. The van der Waals surface area contributed by atoms with E-state index in [4.69, 9.17) is 4.74 Å². The molecule has 0 radical (unpaired) electrons. The van der Waals surface area contributed by atoms with E-state index in [9.17, 15) is 0 Å². The molecule has 1 aromatic rings. The highest BCUT2D eigenvalue weighted by Crippen LogP contribution is 1.99. The maximum atomic E-state index is 5.22. The zero-order chi connectivity index (χ0) is 9.23. The number of rotatable bonds is 3. The molecule has 2 nitrogen and oxygen atoms in total. The number of ether oxygens (including phenoxy) is 1. The third kappa shape index (κ3) is 4.88. The van der Waals surface area contributed by atoms with Crippen LogP contribution >= 0.6 is 0 Å². The van der Waals surface area contributed by atoms with Crippen molar-refractivity contribution in [2.45, 2.75) is 13.5 Å². The Bertz CT molecular complexity index is 174. The van der Waals surface area contributed by atoms with Gasteiger partial charge in [-0.15, -0.1) is 0 Å². The second-order valence-corrected chi connectivity index (χ2v) is 2.12. The Hall–Kier alpha value is -0.860. The number of benzene rings is 1. The minimum atomic E-state index is 0.733. The first-order valence-electron chi connectivity index (χ1n) is 4.13. The molecule has 0 atom stereocenters. The van der Waals surface area contributed by atoms with Gasteiger partial charge in [-0.05, 0) is 19.5 Å². The zero-order valence-corrected chi connectivity index (χ0v) is 7.79. The topological polar surface area (TPSA) is 35.2 Å². The molecule has 0 aliphatic carbocycles. The van der Waals surface area contributed by atoms with Crippen molar-refractivity contribution in [3.63, 3.8) is 0 Å². The van der Waals surface area contributed by atoms with Crippen LogP contribution in [0, 0.1) is 0 Å². The lowest BCUT2D eigenvalue weighted by Gasteiger charge is -1.98. The van der Waals surface area contributed by atoms with E-state index in [2.05, 4.69) is 17.9 Å². The predicted molar refractivity (Wildman–Crippen MR) is 51.9 cm³/mol. The van der Waals surface area contributed by atoms with E-state index in [1.807, 2.05) is 25.1 Å². The highest BCUT2D eigenvalue weighted by molar-refractivity contribution is 5.13. The summed E-state index contributed by atoms with van der Waals surface area (Å²) in [6.07, 6.45) is 0. The summed E-state index contributed by atoms with van der Waals surface area (Å²) in [5.41, 5.74) is 5.74. The van der Waals surface area contributed by atoms with E-state index in [-0.39, 0.29) is 0 Å². The van der Waals surface area contributed by atoms with Gasteiger partial charge in [0.25, 0.3) is 0 Å². The molecule has 0 unspecified atom stereocenters. The van der Waals surface area contributed by atoms with Gasteiger partial charge >= 0.3 is 0 Å². The number of nitrogens with two attached hydrogens (primary N) is 1. The van der Waals surface area contributed by atoms with Gasteiger partial charge in [0.2, 0.25) is 0 Å². The van der Waals surface area contributed by atoms with Crippen LogP contribution in [-0.4, -0.2) is 13.7 Å². The van der Waals surface area contributed by atoms with Crippen molar-refractivity contribution in [1.82, 2.24) is 0 Å². The Labute approximate surface area is 74.4 Å². The second kappa shape index (κ2) is 8.24. The predicted octanol–water partition coefficient (Wildman–Crippen LogP) is 1.80. The van der Waals surface area contributed by atoms with Gasteiger partial charge in [-0.3, -0.25) is 0 Å². The Morgan fingerprint density at radius 1 is 1.17 bits per heavy atom. The minimum Gasteiger partial charge on any atom is -0.377 e. The Morgan fingerprint density at radius 2 is 1.75 bits per heavy atom. The van der Waals surface area contributed by atoms with Crippen LogP contribution in [0.1, 0.15) is 12.5 Å². The lowest BCUT2D eigenvalue weighted by Crippen LogP contribution is -1.90. The molecule has 0 saturated carbocycles. The normalized spacial score (nSPS) is 8.58. The van der Waals surface area contributed by atoms with Gasteiger partial charge in [0.15, 0.2) is 0 Å². The van der Waals surface area contributed by atoms with Crippen molar-refractivity contribution in [2.75, 3.05) is 13.7 Å². The molecule has 0 amide bonds. The molecular formula is C10H17NO. The van der Waals surface area contributed by atoms with Crippen molar-refractivity contribution < 1.29 is 4.74 Å². The van der Waals surface area contributed by atoms with Gasteiger partial charge in [0.05, 0.1) is 6.61 Å². The van der Waals surface area contributed by atoms with Crippen LogP contribution < -0.4 is 5.73 Å². The molecule has 68 valence electrons. The summed E-state index contributed by atoms with van der Waals surface area (Å²) in [5, 5.41) is 0. The maximum absolute atomic E-state index is 5.22. The third-order valence-electron chi connectivity index (χ3n) is 1.32. The molecule has 12 heavy (non-hydrogen) atoms. The third-order valence-corrected chi connectivity index (χ3v) is 1.32. The Kier molecular flexibility index (Phi) is 7.65. The van der Waals surface area contributed by atoms with E-state index >= 15 is 0 Å². The lowest BCUT2D eigenvalue weighted by atomic mass is 10.2. The molecular weight excluding hydrogens is 150 g/mol. The molecule has 0 spiro atoms. The van der Waals surface area contributed by atoms with Crippen LogP contribution in [0.3, 0.4) is 0 Å². The van der Waals surface area contributed by atoms with Crippen molar-refractivity contribution in [3.05, 3.63) is 35.9 Å². The summed E-state index contributed by atoms with van der Waals surface area (Å²) in [6, 6.07) is 10.2. The van der Waals surface area contributed by atoms with Crippen molar-refractivity contribution >= 4 is 0 Å². The van der Waals surface area contributed by atoms with Crippen molar-refractivity contribution in [2.24, 2.45) is 5.73 Å². The molecule has 0 heterocycles. The summed E-state index contributed by atoms with van der Waals surface area (Å²) in [5.74, 6) is 0. The molecule has 2 N–H and O–H groups in total. The number of hydrogen-bond acceptors (Lipinski definition) is 2. The highest BCUT2D eigenvalue weighted by atomic mass is 16.5. The summed E-state index contributed by atoms with van der Waals surface area (Å²) in [7, 11) is 1.50. The van der Waals surface area contributed by atoms with Crippen LogP contribution in [0.2, 0.25) is 0 Å². The minimum absolute atomic E-state index is 0.733. The lowest BCUT2D eigenvalue weighted by molar-refractivity contribution is 0.134. The quantitative estimate of drug-likeness (QED) is 0.745. The summed E-state index contributed by atoms with van der Waals surface area (Å²) < 4.78 is 5.22. The largest absolute Gasteiger partial charge is 0.377 e. The fourth-order valence-corrected chi connectivity index (χ4v) is 0.794. The first-order chi connectivity index (χ1) is 5.93. The van der Waals surface area contributed by atoms with Crippen LogP contribution in [0.4, 0.5) is 0 Å². The first-order valence-corrected chi connectivity index (χ1v) is 4.13. The van der Waals surface area contributed by atoms with Gasteiger partial charge < -0.3 is 10.5 Å². The van der Waals surface area contributed by atoms with E-state index in [1.54, 1.807) is 0 Å². The van der Waals surface area contributed by atoms with Crippen LogP contribution in [0.5, 0.6) is 0 Å². The van der Waals surface area contributed by atoms with Gasteiger partial charge in [0, 0.05) is 6.61 Å². The molecule has 2 heteroatoms. The van der Waals surface area contributed by atoms with E-state index in [0.717, 1.165) is 13.2 Å². The first kappa shape index (κ1) is 11.1. The molecule has 0 aliphatic rings. The zero-order valence-electron chi connectivity index (χ0n) is 7.79. The van der Waals surface area contributed by atoms with Crippen molar-refractivity contribution in [3.8, 4) is 0 Å². The molecule has 0 saturated heterocycles. The van der Waals surface area contributed by atoms with E-state index in [1.165, 1.54) is 12.6 Å². The average molecular weight is 167 g/mol. The Balaban J connectivity index is 0.000000561. The fraction of sp³-hybridized carbons (Fsp3) is 0.400. The van der Waals surface area contributed by atoms with E-state index in [0.29, 0.717) is 0 Å². The van der Waals surface area contributed by atoms with Crippen LogP contribution in [0.15, 0.2) is 30.3 Å². The summed E-state index contributed by atoms with van der Waals surface area (Å²) in [6.45, 7) is 3.52.